The van der Waals surface area contributed by atoms with E-state index in [0.29, 0.717) is 24.4 Å². The fourth-order valence-electron chi connectivity index (χ4n) is 8.28. The van der Waals surface area contributed by atoms with Crippen LogP contribution in [0.5, 0.6) is 0 Å². The molecule has 6 aliphatic rings. The van der Waals surface area contributed by atoms with Gasteiger partial charge in [0.2, 0.25) is 0 Å². The predicted octanol–water partition coefficient (Wildman–Crippen LogP) is 7.86. The van der Waals surface area contributed by atoms with Crippen molar-refractivity contribution in [1.29, 1.82) is 0 Å². The van der Waals surface area contributed by atoms with Gasteiger partial charge in [-0.3, -0.25) is 0 Å². The summed E-state index contributed by atoms with van der Waals surface area (Å²) in [7, 11) is 0.213. The van der Waals surface area contributed by atoms with E-state index in [2.05, 4.69) is 76.4 Å². The fraction of sp³-hybridized carbons (Fsp3) is 0.933. The molecule has 0 spiro atoms. The van der Waals surface area contributed by atoms with Gasteiger partial charge in [-0.1, -0.05) is 69.2 Å². The fourth-order valence-corrected chi connectivity index (χ4v) is 16.6. The summed E-state index contributed by atoms with van der Waals surface area (Å²) in [6.45, 7) is 17.9. The van der Waals surface area contributed by atoms with Crippen molar-refractivity contribution in [2.75, 3.05) is 0 Å². The van der Waals surface area contributed by atoms with E-state index in [1.165, 1.54) is 51.4 Å². The van der Waals surface area contributed by atoms with Crippen molar-refractivity contribution in [2.45, 2.75) is 177 Å². The Balaban J connectivity index is 0.000000188. The van der Waals surface area contributed by atoms with Gasteiger partial charge in [-0.25, -0.2) is 0 Å². The Bertz CT molecular complexity index is 639. The molecule has 0 aromatic rings. The number of fused-ring (bicyclic) bond motifs is 2. The van der Waals surface area contributed by atoms with Crippen LogP contribution in [0.25, 0.3) is 0 Å². The maximum absolute atomic E-state index is 6.14. The van der Waals surface area contributed by atoms with E-state index in [1.807, 2.05) is 0 Å². The molecule has 2 aliphatic carbocycles. The molecule has 4 nitrogen and oxygen atoms in total. The van der Waals surface area contributed by atoms with Crippen LogP contribution in [-0.4, -0.2) is 75.4 Å². The molecule has 8 atom stereocenters. The molecule has 37 heavy (non-hydrogen) atoms. The molecule has 0 bridgehead atoms. The number of hydrogen-bond acceptors (Lipinski definition) is 4. The van der Waals surface area contributed by atoms with E-state index >= 15 is 0 Å². The second-order valence-electron chi connectivity index (χ2n) is 12.9. The molecule has 2 saturated carbocycles. The first-order chi connectivity index (χ1) is 17.0. The molecular formula is C30H55FeO4P2. The van der Waals surface area contributed by atoms with Crippen LogP contribution in [0, 0.1) is 7.43 Å². The zero-order valence-corrected chi connectivity index (χ0v) is 27.9. The summed E-state index contributed by atoms with van der Waals surface area (Å²) in [6.07, 6.45) is 13.1. The van der Waals surface area contributed by atoms with E-state index in [4.69, 9.17) is 18.9 Å². The average Bonchev–Trinajstić information content (AvgIpc) is 3.64. The van der Waals surface area contributed by atoms with Crippen molar-refractivity contribution in [3.63, 3.8) is 0 Å². The molecule has 0 N–H and O–H groups in total. The maximum Gasteiger partial charge on any atom is -0.358 e. The third-order valence-corrected chi connectivity index (χ3v) is 17.3. The van der Waals surface area contributed by atoms with Crippen molar-refractivity contribution >= 4 is 21.3 Å². The summed E-state index contributed by atoms with van der Waals surface area (Å²) in [4.78, 5) is 0. The molecule has 4 saturated heterocycles. The van der Waals surface area contributed by atoms with Gasteiger partial charge in [0.15, 0.2) is 11.6 Å². The van der Waals surface area contributed by atoms with Crippen LogP contribution in [0.1, 0.15) is 107 Å². The molecule has 0 aromatic heterocycles. The quantitative estimate of drug-likeness (QED) is 0.185. The van der Waals surface area contributed by atoms with Gasteiger partial charge in [-0.05, 0) is 64.7 Å². The molecule has 0 aromatic carbocycles. The monoisotopic (exact) mass is 597 g/mol. The molecule has 0 radical (unpaired) electrons. The van der Waals surface area contributed by atoms with Crippen LogP contribution in [0.15, 0.2) is 0 Å². The van der Waals surface area contributed by atoms with Crippen molar-refractivity contribution in [3.05, 3.63) is 7.43 Å². The van der Waals surface area contributed by atoms with Gasteiger partial charge in [-0.15, -0.1) is 0 Å². The first kappa shape index (κ1) is 32.6. The third kappa shape index (κ3) is 6.61. The molecule has 6 rings (SSSR count). The Morgan fingerprint density at radius 1 is 0.541 bits per heavy atom. The topological polar surface area (TPSA) is 36.9 Å². The van der Waals surface area contributed by atoms with E-state index in [1.54, 1.807) is 0 Å². The Morgan fingerprint density at radius 2 is 0.757 bits per heavy atom. The zero-order valence-electron chi connectivity index (χ0n) is 25.0. The minimum absolute atomic E-state index is 0. The van der Waals surface area contributed by atoms with Gasteiger partial charge >= 0.3 is 21.0 Å². The molecule has 7 heteroatoms. The predicted molar refractivity (Wildman–Crippen MR) is 157 cm³/mol. The van der Waals surface area contributed by atoms with Gasteiger partial charge in [0.25, 0.3) is 0 Å². The summed E-state index contributed by atoms with van der Waals surface area (Å²) in [5.41, 5.74) is 7.92. The smallest absolute Gasteiger partial charge is 0.358 e. The Morgan fingerprint density at radius 3 is 0.973 bits per heavy atom. The molecule has 217 valence electrons. The summed E-state index contributed by atoms with van der Waals surface area (Å²) in [5, 5.41) is 0. The number of ether oxygens (including phenoxy) is 4. The van der Waals surface area contributed by atoms with Crippen molar-refractivity contribution in [1.82, 2.24) is 0 Å². The Labute approximate surface area is 239 Å². The van der Waals surface area contributed by atoms with Crippen molar-refractivity contribution in [2.24, 2.45) is 0 Å². The zero-order chi connectivity index (χ0) is 26.4. The minimum Gasteiger partial charge on any atom is -0.358 e. The molecular weight excluding hydrogens is 542 g/mol. The second-order valence-corrected chi connectivity index (χ2v) is 19.4. The van der Waals surface area contributed by atoms with Crippen LogP contribution in [0.2, 0.25) is 0 Å². The first-order valence-corrected chi connectivity index (χ1v) is 18.4. The maximum atomic E-state index is 6.14. The Kier molecular flexibility index (Phi) is 11.4. The molecule has 0 amide bonds. The number of hydrogen-bond donors (Lipinski definition) is 0. The van der Waals surface area contributed by atoms with E-state index in [0.717, 1.165) is 34.0 Å². The average molecular weight is 598 g/mol. The van der Waals surface area contributed by atoms with Gasteiger partial charge in [-0.2, -0.15) is 0 Å². The molecule has 4 aliphatic heterocycles. The first-order valence-electron chi connectivity index (χ1n) is 14.5. The Hall–Kier alpha value is 1.09. The summed E-state index contributed by atoms with van der Waals surface area (Å²) < 4.78 is 24.6. The summed E-state index contributed by atoms with van der Waals surface area (Å²) >= 11 is 3.00. The van der Waals surface area contributed by atoms with Crippen LogP contribution >= 0.6 is 15.8 Å². The number of rotatable bonds is 2. The molecule has 6 fully saturated rings. The largest absolute Gasteiger partial charge is 0.358 e. The van der Waals surface area contributed by atoms with Crippen LogP contribution in [0.4, 0.5) is 0 Å². The molecule has 0 unspecified atom stereocenters. The van der Waals surface area contributed by atoms with E-state index in [-0.39, 0.29) is 34.8 Å². The van der Waals surface area contributed by atoms with Crippen molar-refractivity contribution < 1.29 is 34.5 Å². The van der Waals surface area contributed by atoms with Crippen LogP contribution < -0.4 is 0 Å². The van der Waals surface area contributed by atoms with Gasteiger partial charge in [0.05, 0.1) is 24.4 Å². The normalized spacial score (nSPS) is 45.8. The van der Waals surface area contributed by atoms with Crippen molar-refractivity contribution in [3.8, 4) is 0 Å². The van der Waals surface area contributed by atoms with Gasteiger partial charge in [0.1, 0.15) is 0 Å². The summed E-state index contributed by atoms with van der Waals surface area (Å²) in [6, 6.07) is 0. The van der Waals surface area contributed by atoms with E-state index in [9.17, 15) is 0 Å². The van der Waals surface area contributed by atoms with Crippen LogP contribution in [-0.2, 0) is 34.5 Å². The second kappa shape index (κ2) is 12.9. The SMILES string of the molecule is C[C@H]1[C@H]2OC(C)(C)O[C@@H]2[C@H](C)P1C1CCCC1.C[C@H]1[C@H]2OC(C)(C)O[C@@H]2[C@H](C)P1C1CCCC1.[CH2]=[Fe+].[CH3-]. The summed E-state index contributed by atoms with van der Waals surface area (Å²) in [5.74, 6) is -0.704. The third-order valence-electron chi connectivity index (χ3n) is 9.60. The van der Waals surface area contributed by atoms with E-state index < -0.39 is 0 Å². The minimum atomic E-state index is -0.352. The standard InChI is InChI=1S/2C14H25O2P.CH3.CH2.Fe/c2*1-9-12-13(16-14(3,4)15-12)10(2)17(9)11-7-5-6-8-11;;;/h2*9-13H,5-8H2,1-4H3;1H3;1H2;/q;;-1;;+1/t2*9-,10-,12+,13+;;;/m00.../s1. The van der Waals surface area contributed by atoms with Crippen LogP contribution in [0.3, 0.4) is 0 Å². The van der Waals surface area contributed by atoms with Gasteiger partial charge in [0, 0.05) is 22.6 Å². The molecule has 4 heterocycles. The van der Waals surface area contributed by atoms with Gasteiger partial charge < -0.3 is 26.4 Å².